The number of esters is 1. The summed E-state index contributed by atoms with van der Waals surface area (Å²) in [6.45, 7) is 3.65. The fraction of sp³-hybridized carbons (Fsp3) is 0.226. The molecular weight excluding hydrogens is 592 g/mol. The highest BCUT2D eigenvalue weighted by atomic mass is 35.5. The van der Waals surface area contributed by atoms with E-state index in [4.69, 9.17) is 42.8 Å². The summed E-state index contributed by atoms with van der Waals surface area (Å²) in [6, 6.07) is 19.1. The summed E-state index contributed by atoms with van der Waals surface area (Å²) in [5, 5.41) is 11.1. The number of benzene rings is 3. The van der Waals surface area contributed by atoms with Crippen molar-refractivity contribution in [2.75, 3.05) is 20.3 Å². The minimum atomic E-state index is -0.635. The van der Waals surface area contributed by atoms with E-state index in [1.54, 1.807) is 75.6 Å². The van der Waals surface area contributed by atoms with Gasteiger partial charge in [0.1, 0.15) is 12.4 Å². The van der Waals surface area contributed by atoms with Crippen molar-refractivity contribution in [1.29, 1.82) is 0 Å². The van der Waals surface area contributed by atoms with Gasteiger partial charge in [-0.1, -0.05) is 48.0 Å². The molecule has 10 nitrogen and oxygen atoms in total. The highest BCUT2D eigenvalue weighted by Crippen LogP contribution is 2.34. The number of hydrogen-bond acceptors (Lipinski definition) is 8. The van der Waals surface area contributed by atoms with Crippen LogP contribution in [0.3, 0.4) is 0 Å². The average Bonchev–Trinajstić information content (AvgIpc) is 2.99. The Balaban J connectivity index is 1.43. The zero-order chi connectivity index (χ0) is 30.8. The normalized spacial score (nSPS) is 14.5. The number of para-hydroxylation sites is 2. The van der Waals surface area contributed by atoms with Gasteiger partial charge in [-0.2, -0.15) is 5.10 Å². The molecule has 3 aromatic carbocycles. The van der Waals surface area contributed by atoms with Crippen LogP contribution in [0.15, 0.2) is 83.1 Å². The molecule has 224 valence electrons. The molecule has 1 amide bonds. The summed E-state index contributed by atoms with van der Waals surface area (Å²) < 4.78 is 22.6. The Hall–Kier alpha value is -4.61. The fourth-order valence-electron chi connectivity index (χ4n) is 4.29. The zero-order valence-electron chi connectivity index (χ0n) is 23.8. The maximum Gasteiger partial charge on any atom is 0.338 e. The lowest BCUT2D eigenvalue weighted by Crippen LogP contribution is -2.45. The summed E-state index contributed by atoms with van der Waals surface area (Å²) in [4.78, 5) is 25.4. The van der Waals surface area contributed by atoms with Crippen molar-refractivity contribution in [3.05, 3.63) is 99.7 Å². The number of hydrogen-bond donors (Lipinski definition) is 3. The second kappa shape index (κ2) is 15.0. The molecule has 0 radical (unpaired) electrons. The van der Waals surface area contributed by atoms with Crippen LogP contribution >= 0.6 is 23.8 Å². The van der Waals surface area contributed by atoms with E-state index < -0.39 is 17.9 Å². The molecular formula is C31H31ClN4O6S. The Morgan fingerprint density at radius 1 is 1.05 bits per heavy atom. The van der Waals surface area contributed by atoms with Crippen LogP contribution in [0.25, 0.3) is 0 Å². The summed E-state index contributed by atoms with van der Waals surface area (Å²) >= 11 is 11.3. The predicted octanol–water partition coefficient (Wildman–Crippen LogP) is 4.81. The summed E-state index contributed by atoms with van der Waals surface area (Å²) in [5.74, 6) is 0.397. The first-order chi connectivity index (χ1) is 20.8. The van der Waals surface area contributed by atoms with Gasteiger partial charge in [0, 0.05) is 21.8 Å². The number of carbonyl (C=O) groups excluding carboxylic acids is 2. The van der Waals surface area contributed by atoms with E-state index in [1.807, 2.05) is 12.1 Å². The van der Waals surface area contributed by atoms with Crippen molar-refractivity contribution in [2.45, 2.75) is 26.5 Å². The highest BCUT2D eigenvalue weighted by molar-refractivity contribution is 7.80. The van der Waals surface area contributed by atoms with E-state index in [9.17, 15) is 9.59 Å². The minimum Gasteiger partial charge on any atom is -0.493 e. The molecule has 0 fully saturated rings. The minimum absolute atomic E-state index is 0.220. The van der Waals surface area contributed by atoms with Gasteiger partial charge < -0.3 is 29.6 Å². The maximum absolute atomic E-state index is 12.8. The molecule has 0 saturated heterocycles. The molecule has 0 bridgehead atoms. The molecule has 1 atom stereocenters. The smallest absolute Gasteiger partial charge is 0.338 e. The quantitative estimate of drug-likeness (QED) is 0.113. The number of halogens is 1. The van der Waals surface area contributed by atoms with Gasteiger partial charge in [-0.25, -0.2) is 10.2 Å². The molecule has 3 aromatic rings. The highest BCUT2D eigenvalue weighted by Gasteiger charge is 2.32. The van der Waals surface area contributed by atoms with Crippen LogP contribution in [-0.4, -0.2) is 43.5 Å². The van der Waals surface area contributed by atoms with Crippen molar-refractivity contribution in [3.8, 4) is 17.2 Å². The van der Waals surface area contributed by atoms with Crippen LogP contribution in [0.4, 0.5) is 0 Å². The van der Waals surface area contributed by atoms with Crippen molar-refractivity contribution >= 4 is 47.0 Å². The topological polar surface area (TPSA) is 120 Å². The fourth-order valence-corrected chi connectivity index (χ4v) is 4.69. The number of methoxy groups -OCH3 is 1. The van der Waals surface area contributed by atoms with E-state index in [1.165, 1.54) is 6.21 Å². The second-order valence-electron chi connectivity index (χ2n) is 9.20. The maximum atomic E-state index is 12.8. The molecule has 0 saturated carbocycles. The Morgan fingerprint density at radius 2 is 1.79 bits per heavy atom. The number of hydrazone groups is 1. The van der Waals surface area contributed by atoms with Gasteiger partial charge in [0.15, 0.2) is 23.2 Å². The number of rotatable bonds is 12. The number of thiocarbonyl (C=S) groups is 1. The molecule has 0 aromatic heterocycles. The Morgan fingerprint density at radius 3 is 2.53 bits per heavy atom. The lowest BCUT2D eigenvalue weighted by atomic mass is 9.95. The number of allylic oxidation sites excluding steroid dienone is 1. The predicted molar refractivity (Wildman–Crippen MR) is 167 cm³/mol. The molecule has 1 aliphatic heterocycles. The number of nitrogens with zero attached hydrogens (tertiary/aromatic N) is 1. The molecule has 0 aliphatic carbocycles. The lowest BCUT2D eigenvalue weighted by molar-refractivity contribution is -0.139. The largest absolute Gasteiger partial charge is 0.493 e. The number of ether oxygens (including phenoxy) is 4. The molecule has 0 unspecified atom stereocenters. The van der Waals surface area contributed by atoms with Crippen LogP contribution in [0.5, 0.6) is 17.2 Å². The van der Waals surface area contributed by atoms with E-state index in [0.717, 1.165) is 5.56 Å². The third-order valence-corrected chi connectivity index (χ3v) is 6.74. The molecule has 3 N–H and O–H groups in total. The van der Waals surface area contributed by atoms with Crippen molar-refractivity contribution in [1.82, 2.24) is 16.1 Å². The molecule has 0 spiro atoms. The van der Waals surface area contributed by atoms with Gasteiger partial charge in [-0.05, 0) is 62.0 Å². The van der Waals surface area contributed by atoms with Crippen LogP contribution in [0.2, 0.25) is 5.02 Å². The van der Waals surface area contributed by atoms with Gasteiger partial charge >= 0.3 is 5.97 Å². The summed E-state index contributed by atoms with van der Waals surface area (Å²) in [6.07, 6.45) is 1.46. The zero-order valence-corrected chi connectivity index (χ0v) is 25.4. The molecule has 1 aliphatic rings. The van der Waals surface area contributed by atoms with Crippen LogP contribution in [-0.2, 0) is 20.9 Å². The lowest BCUT2D eigenvalue weighted by Gasteiger charge is -2.30. The first-order valence-corrected chi connectivity index (χ1v) is 14.1. The monoisotopic (exact) mass is 622 g/mol. The van der Waals surface area contributed by atoms with E-state index >= 15 is 0 Å². The van der Waals surface area contributed by atoms with Crippen molar-refractivity contribution in [2.24, 2.45) is 5.10 Å². The third kappa shape index (κ3) is 8.24. The Bertz CT molecular complexity index is 1540. The van der Waals surface area contributed by atoms with Gasteiger partial charge in [0.2, 0.25) is 0 Å². The molecule has 4 rings (SSSR count). The second-order valence-corrected chi connectivity index (χ2v) is 10.0. The van der Waals surface area contributed by atoms with Gasteiger partial charge in [0.05, 0.1) is 31.5 Å². The first kappa shape index (κ1) is 31.3. The Labute approximate surface area is 260 Å². The SMILES string of the molecule is CCOC(=O)C1=C(C)NC(=S)N[C@H]1c1ccccc1OCC(=O)NN=Cc1cccc(OC)c1OCc1ccc(Cl)cc1. The van der Waals surface area contributed by atoms with Gasteiger partial charge in [-0.15, -0.1) is 0 Å². The number of carbonyl (C=O) groups is 2. The van der Waals surface area contributed by atoms with Crippen molar-refractivity contribution in [3.63, 3.8) is 0 Å². The first-order valence-electron chi connectivity index (χ1n) is 13.3. The molecule has 1 heterocycles. The Kier molecular flexibility index (Phi) is 11.0. The summed E-state index contributed by atoms with van der Waals surface area (Å²) in [5.41, 5.74) is 5.54. The molecule has 12 heteroatoms. The van der Waals surface area contributed by atoms with Gasteiger partial charge in [-0.3, -0.25) is 4.79 Å². The van der Waals surface area contributed by atoms with E-state index in [2.05, 4.69) is 21.2 Å². The summed E-state index contributed by atoms with van der Waals surface area (Å²) in [7, 11) is 1.54. The average molecular weight is 623 g/mol. The van der Waals surface area contributed by atoms with E-state index in [-0.39, 0.29) is 19.8 Å². The van der Waals surface area contributed by atoms with Crippen LogP contribution in [0, 0.1) is 0 Å². The number of nitrogens with one attached hydrogen (secondary N) is 3. The van der Waals surface area contributed by atoms with E-state index in [0.29, 0.717) is 49.8 Å². The standard InChI is InChI=1S/C31H31ClN4O6S/c1-4-40-30(38)27-19(2)34-31(43)35-28(27)23-9-5-6-10-24(23)41-18-26(37)36-33-16-21-8-7-11-25(39-3)29(21)42-17-20-12-14-22(32)15-13-20/h5-16,28H,4,17-18H2,1-3H3,(H,36,37)(H2,34,35,43)/t28-/m0/s1. The number of amides is 1. The van der Waals surface area contributed by atoms with Crippen LogP contribution in [0.1, 0.15) is 36.6 Å². The third-order valence-electron chi connectivity index (χ3n) is 6.27. The molecule has 43 heavy (non-hydrogen) atoms. The van der Waals surface area contributed by atoms with Gasteiger partial charge in [0.25, 0.3) is 5.91 Å². The van der Waals surface area contributed by atoms with Crippen molar-refractivity contribution < 1.29 is 28.5 Å². The van der Waals surface area contributed by atoms with Crippen LogP contribution < -0.4 is 30.3 Å².